The average molecular weight is 228 g/mol. The van der Waals surface area contributed by atoms with E-state index in [1.54, 1.807) is 6.92 Å². The first kappa shape index (κ1) is 13.0. The number of hydrogen-bond donors (Lipinski definition) is 3. The fraction of sp³-hybridized carbons (Fsp3) is 0.818. The van der Waals surface area contributed by atoms with Crippen molar-refractivity contribution in [2.24, 2.45) is 0 Å². The third-order valence-corrected chi connectivity index (χ3v) is 3.14. The van der Waals surface area contributed by atoms with E-state index < -0.39 is 11.5 Å². The van der Waals surface area contributed by atoms with Crippen LogP contribution in [0.3, 0.4) is 0 Å². The van der Waals surface area contributed by atoms with Gasteiger partial charge < -0.3 is 15.7 Å². The lowest BCUT2D eigenvalue weighted by Crippen LogP contribution is -2.55. The Labute approximate surface area is 95.6 Å². The van der Waals surface area contributed by atoms with Crippen LogP contribution in [0.2, 0.25) is 0 Å². The Morgan fingerprint density at radius 2 is 2.25 bits per heavy atom. The summed E-state index contributed by atoms with van der Waals surface area (Å²) in [5, 5.41) is 14.6. The maximum Gasteiger partial charge on any atom is 0.305 e. The molecule has 1 aliphatic heterocycles. The van der Waals surface area contributed by atoms with Gasteiger partial charge in [-0.3, -0.25) is 9.59 Å². The Kier molecular flexibility index (Phi) is 4.29. The highest BCUT2D eigenvalue weighted by Gasteiger charge is 2.39. The van der Waals surface area contributed by atoms with Crippen LogP contribution in [0, 0.1) is 0 Å². The third kappa shape index (κ3) is 2.95. The molecule has 1 fully saturated rings. The molecule has 0 aromatic rings. The van der Waals surface area contributed by atoms with Crippen LogP contribution in [0.5, 0.6) is 0 Å². The predicted molar refractivity (Wildman–Crippen MR) is 60.1 cm³/mol. The number of aliphatic carboxylic acids is 1. The number of carbonyl (C=O) groups is 2. The smallest absolute Gasteiger partial charge is 0.305 e. The van der Waals surface area contributed by atoms with Crippen molar-refractivity contribution < 1.29 is 14.7 Å². The minimum atomic E-state index is -0.891. The zero-order chi connectivity index (χ0) is 12.2. The van der Waals surface area contributed by atoms with E-state index in [9.17, 15) is 9.59 Å². The van der Waals surface area contributed by atoms with Gasteiger partial charge in [0.15, 0.2) is 0 Å². The first-order valence-corrected chi connectivity index (χ1v) is 5.78. The van der Waals surface area contributed by atoms with Gasteiger partial charge in [-0.05, 0) is 32.7 Å². The standard InChI is InChI=1S/C11H20N2O3/c1-3-11(5-4-6-12-11)10(16)13-8(2)7-9(14)15/h8,12H,3-7H2,1-2H3,(H,13,16)(H,14,15). The second-order valence-corrected chi connectivity index (χ2v) is 4.44. The van der Waals surface area contributed by atoms with Crippen LogP contribution in [0.15, 0.2) is 0 Å². The Hall–Kier alpha value is -1.10. The summed E-state index contributed by atoms with van der Waals surface area (Å²) in [7, 11) is 0. The molecule has 5 heteroatoms. The molecule has 1 heterocycles. The zero-order valence-electron chi connectivity index (χ0n) is 9.88. The zero-order valence-corrected chi connectivity index (χ0v) is 9.88. The van der Waals surface area contributed by atoms with Gasteiger partial charge in [0.2, 0.25) is 5.91 Å². The molecule has 0 radical (unpaired) electrons. The monoisotopic (exact) mass is 228 g/mol. The van der Waals surface area contributed by atoms with E-state index in [1.807, 2.05) is 6.92 Å². The number of carboxylic acid groups (broad SMARTS) is 1. The molecule has 1 rings (SSSR count). The molecule has 92 valence electrons. The molecule has 2 atom stereocenters. The Morgan fingerprint density at radius 3 is 2.69 bits per heavy atom. The van der Waals surface area contributed by atoms with Crippen LogP contribution in [-0.4, -0.2) is 35.1 Å². The van der Waals surface area contributed by atoms with Crippen molar-refractivity contribution in [2.45, 2.75) is 51.1 Å². The topological polar surface area (TPSA) is 78.4 Å². The van der Waals surface area contributed by atoms with Crippen molar-refractivity contribution in [1.82, 2.24) is 10.6 Å². The molecule has 0 aromatic carbocycles. The summed E-state index contributed by atoms with van der Waals surface area (Å²) in [5.41, 5.74) is -0.479. The summed E-state index contributed by atoms with van der Waals surface area (Å²) in [4.78, 5) is 22.5. The second kappa shape index (κ2) is 5.30. The Bertz CT molecular complexity index is 272. The van der Waals surface area contributed by atoms with Crippen LogP contribution in [0.1, 0.15) is 39.5 Å². The van der Waals surface area contributed by atoms with Crippen molar-refractivity contribution >= 4 is 11.9 Å². The summed E-state index contributed by atoms with van der Waals surface area (Å²) in [5.74, 6) is -0.959. The van der Waals surface area contributed by atoms with E-state index in [-0.39, 0.29) is 18.4 Å². The number of hydrogen-bond acceptors (Lipinski definition) is 3. The van der Waals surface area contributed by atoms with E-state index in [0.717, 1.165) is 25.8 Å². The summed E-state index contributed by atoms with van der Waals surface area (Å²) >= 11 is 0. The SMILES string of the molecule is CCC1(C(=O)NC(C)CC(=O)O)CCCN1. The number of nitrogens with one attached hydrogen (secondary N) is 2. The van der Waals surface area contributed by atoms with E-state index in [4.69, 9.17) is 5.11 Å². The normalized spacial score (nSPS) is 26.4. The fourth-order valence-corrected chi connectivity index (χ4v) is 2.14. The van der Waals surface area contributed by atoms with Gasteiger partial charge in [-0.2, -0.15) is 0 Å². The van der Waals surface area contributed by atoms with Gasteiger partial charge in [-0.25, -0.2) is 0 Å². The van der Waals surface area contributed by atoms with Crippen molar-refractivity contribution in [1.29, 1.82) is 0 Å². The van der Waals surface area contributed by atoms with Gasteiger partial charge >= 0.3 is 5.97 Å². The number of carboxylic acids is 1. The van der Waals surface area contributed by atoms with E-state index in [0.29, 0.717) is 0 Å². The van der Waals surface area contributed by atoms with Gasteiger partial charge in [0.1, 0.15) is 0 Å². The molecular formula is C11H20N2O3. The van der Waals surface area contributed by atoms with Gasteiger partial charge in [-0.15, -0.1) is 0 Å². The maximum atomic E-state index is 12.0. The molecule has 0 spiro atoms. The van der Waals surface area contributed by atoms with Gasteiger partial charge in [0.25, 0.3) is 0 Å². The van der Waals surface area contributed by atoms with Crippen molar-refractivity contribution in [2.75, 3.05) is 6.54 Å². The number of carbonyl (C=O) groups excluding carboxylic acids is 1. The first-order valence-electron chi connectivity index (χ1n) is 5.78. The lowest BCUT2D eigenvalue weighted by atomic mass is 9.92. The van der Waals surface area contributed by atoms with E-state index >= 15 is 0 Å². The molecule has 0 bridgehead atoms. The van der Waals surface area contributed by atoms with E-state index in [1.165, 1.54) is 0 Å². The molecule has 3 N–H and O–H groups in total. The predicted octanol–water partition coefficient (Wildman–Crippen LogP) is 0.498. The van der Waals surface area contributed by atoms with Crippen LogP contribution in [0.25, 0.3) is 0 Å². The molecule has 0 saturated carbocycles. The van der Waals surface area contributed by atoms with Crippen LogP contribution in [-0.2, 0) is 9.59 Å². The summed E-state index contributed by atoms with van der Waals surface area (Å²) in [6, 6.07) is -0.323. The molecule has 0 aliphatic carbocycles. The highest BCUT2D eigenvalue weighted by Crippen LogP contribution is 2.23. The van der Waals surface area contributed by atoms with E-state index in [2.05, 4.69) is 10.6 Å². The minimum Gasteiger partial charge on any atom is -0.481 e. The second-order valence-electron chi connectivity index (χ2n) is 4.44. The highest BCUT2D eigenvalue weighted by molar-refractivity contribution is 5.87. The van der Waals surface area contributed by atoms with Crippen LogP contribution >= 0.6 is 0 Å². The molecule has 0 aromatic heterocycles. The maximum absolute atomic E-state index is 12.0. The third-order valence-electron chi connectivity index (χ3n) is 3.14. The summed E-state index contributed by atoms with van der Waals surface area (Å²) < 4.78 is 0. The minimum absolute atomic E-state index is 0.0362. The molecule has 16 heavy (non-hydrogen) atoms. The van der Waals surface area contributed by atoms with Crippen LogP contribution < -0.4 is 10.6 Å². The molecule has 1 saturated heterocycles. The number of rotatable bonds is 5. The Balaban J connectivity index is 2.53. The van der Waals surface area contributed by atoms with Gasteiger partial charge in [0, 0.05) is 6.04 Å². The molecule has 5 nitrogen and oxygen atoms in total. The molecule has 2 unspecified atom stereocenters. The molecule has 1 amide bonds. The summed E-state index contributed by atoms with van der Waals surface area (Å²) in [6.45, 7) is 4.54. The van der Waals surface area contributed by atoms with Gasteiger partial charge in [-0.1, -0.05) is 6.92 Å². The van der Waals surface area contributed by atoms with Gasteiger partial charge in [0.05, 0.1) is 12.0 Å². The van der Waals surface area contributed by atoms with Crippen molar-refractivity contribution in [3.8, 4) is 0 Å². The number of amides is 1. The lowest BCUT2D eigenvalue weighted by molar-refractivity contribution is -0.137. The molecule has 1 aliphatic rings. The highest BCUT2D eigenvalue weighted by atomic mass is 16.4. The lowest BCUT2D eigenvalue weighted by Gasteiger charge is -2.28. The quantitative estimate of drug-likeness (QED) is 0.640. The van der Waals surface area contributed by atoms with Crippen molar-refractivity contribution in [3.05, 3.63) is 0 Å². The Morgan fingerprint density at radius 1 is 1.56 bits per heavy atom. The largest absolute Gasteiger partial charge is 0.481 e. The average Bonchev–Trinajstić information content (AvgIpc) is 2.65. The summed E-state index contributed by atoms with van der Waals surface area (Å²) in [6.07, 6.45) is 2.52. The first-order chi connectivity index (χ1) is 7.50. The van der Waals surface area contributed by atoms with Crippen molar-refractivity contribution in [3.63, 3.8) is 0 Å². The molecular weight excluding hydrogens is 208 g/mol. The fourth-order valence-electron chi connectivity index (χ4n) is 2.14. The van der Waals surface area contributed by atoms with Crippen LogP contribution in [0.4, 0.5) is 0 Å².